The van der Waals surface area contributed by atoms with E-state index in [2.05, 4.69) is 13.8 Å². The van der Waals surface area contributed by atoms with Gasteiger partial charge in [-0.25, -0.2) is 0 Å². The number of rotatable bonds is 4. The maximum atomic E-state index is 9.45. The van der Waals surface area contributed by atoms with E-state index in [0.717, 1.165) is 12.8 Å². The van der Waals surface area contributed by atoms with Crippen molar-refractivity contribution in [2.45, 2.75) is 76.9 Å². The maximum absolute atomic E-state index is 9.45. The molecule has 1 saturated carbocycles. The van der Waals surface area contributed by atoms with Crippen LogP contribution in [0.15, 0.2) is 0 Å². The molecular weight excluding hydrogens is 200 g/mol. The predicted molar refractivity (Wildman–Crippen MR) is 65.4 cm³/mol. The normalized spacial score (nSPS) is 32.1. The number of aliphatic hydroxyl groups is 1. The molecule has 2 heteroatoms. The molecular formula is C14H26O2. The van der Waals surface area contributed by atoms with Crippen molar-refractivity contribution in [3.05, 3.63) is 0 Å². The molecule has 0 amide bonds. The smallest absolute Gasteiger partial charge is 0.0687 e. The fourth-order valence-corrected chi connectivity index (χ4v) is 3.30. The Hall–Kier alpha value is -0.0800. The lowest BCUT2D eigenvalue weighted by Gasteiger charge is -2.30. The van der Waals surface area contributed by atoms with Gasteiger partial charge in [-0.15, -0.1) is 0 Å². The molecule has 1 spiro atoms. The number of ether oxygens (including phenoxy) is 1. The second-order valence-electron chi connectivity index (χ2n) is 6.20. The van der Waals surface area contributed by atoms with Gasteiger partial charge in [0.1, 0.15) is 0 Å². The van der Waals surface area contributed by atoms with E-state index in [0.29, 0.717) is 6.10 Å². The van der Waals surface area contributed by atoms with Crippen LogP contribution in [0, 0.1) is 5.41 Å². The Kier molecular flexibility index (Phi) is 3.60. The molecule has 1 heterocycles. The quantitative estimate of drug-likeness (QED) is 0.797. The maximum Gasteiger partial charge on any atom is 0.0687 e. The summed E-state index contributed by atoms with van der Waals surface area (Å²) in [5.41, 5.74) is 0.309. The van der Waals surface area contributed by atoms with Gasteiger partial charge >= 0.3 is 0 Å². The molecule has 2 nitrogen and oxygen atoms in total. The van der Waals surface area contributed by atoms with Gasteiger partial charge in [0.15, 0.2) is 0 Å². The van der Waals surface area contributed by atoms with E-state index in [-0.39, 0.29) is 17.6 Å². The summed E-state index contributed by atoms with van der Waals surface area (Å²) in [7, 11) is 0. The van der Waals surface area contributed by atoms with Crippen LogP contribution in [-0.4, -0.2) is 23.4 Å². The lowest BCUT2D eigenvalue weighted by molar-refractivity contribution is -0.0579. The van der Waals surface area contributed by atoms with Gasteiger partial charge in [0.25, 0.3) is 0 Å². The van der Waals surface area contributed by atoms with E-state index < -0.39 is 0 Å². The Bertz CT molecular complexity index is 227. The monoisotopic (exact) mass is 226 g/mol. The second kappa shape index (κ2) is 4.66. The Morgan fingerprint density at radius 2 is 2.00 bits per heavy atom. The van der Waals surface area contributed by atoms with Crippen LogP contribution in [0.3, 0.4) is 0 Å². The van der Waals surface area contributed by atoms with E-state index in [1.807, 2.05) is 0 Å². The standard InChI is InChI=1S/C14H26O2/c1-3-13(2,11-15)10-12-6-9-14(16-12)7-4-5-8-14/h12,15H,3-11H2,1-2H3. The minimum atomic E-state index is 0.0643. The van der Waals surface area contributed by atoms with Crippen molar-refractivity contribution in [1.82, 2.24) is 0 Å². The first-order valence-electron chi connectivity index (χ1n) is 6.90. The highest BCUT2D eigenvalue weighted by molar-refractivity contribution is 4.94. The molecule has 16 heavy (non-hydrogen) atoms. The van der Waals surface area contributed by atoms with Gasteiger partial charge < -0.3 is 9.84 Å². The zero-order chi connectivity index (χ0) is 11.6. The highest BCUT2D eigenvalue weighted by atomic mass is 16.5. The van der Waals surface area contributed by atoms with Gasteiger partial charge in [-0.2, -0.15) is 0 Å². The number of aliphatic hydroxyl groups excluding tert-OH is 1. The van der Waals surface area contributed by atoms with Crippen LogP contribution in [0.2, 0.25) is 0 Å². The van der Waals surface area contributed by atoms with E-state index in [1.54, 1.807) is 0 Å². The molecule has 1 aliphatic carbocycles. The van der Waals surface area contributed by atoms with E-state index >= 15 is 0 Å². The summed E-state index contributed by atoms with van der Waals surface area (Å²) in [6.45, 7) is 4.63. The molecule has 2 fully saturated rings. The first-order chi connectivity index (χ1) is 7.61. The second-order valence-corrected chi connectivity index (χ2v) is 6.20. The summed E-state index contributed by atoms with van der Waals surface area (Å²) >= 11 is 0. The summed E-state index contributed by atoms with van der Waals surface area (Å²) in [6, 6.07) is 0. The summed E-state index contributed by atoms with van der Waals surface area (Å²) in [6.07, 6.45) is 10.2. The average Bonchev–Trinajstić information content (AvgIpc) is 2.90. The van der Waals surface area contributed by atoms with Crippen LogP contribution < -0.4 is 0 Å². The van der Waals surface area contributed by atoms with Gasteiger partial charge in [-0.1, -0.05) is 26.7 Å². The first kappa shape index (κ1) is 12.4. The van der Waals surface area contributed by atoms with E-state index in [4.69, 9.17) is 4.74 Å². The molecule has 1 aliphatic heterocycles. The van der Waals surface area contributed by atoms with Crippen LogP contribution in [0.1, 0.15) is 65.2 Å². The van der Waals surface area contributed by atoms with Crippen molar-refractivity contribution in [3.8, 4) is 0 Å². The minimum Gasteiger partial charge on any atom is -0.396 e. The predicted octanol–water partition coefficient (Wildman–Crippen LogP) is 3.28. The highest BCUT2D eigenvalue weighted by Crippen LogP contribution is 2.45. The molecule has 0 bridgehead atoms. The molecule has 1 N–H and O–H groups in total. The SMILES string of the molecule is CCC(C)(CO)CC1CCC2(CCCC2)O1. The lowest BCUT2D eigenvalue weighted by atomic mass is 9.82. The zero-order valence-electron chi connectivity index (χ0n) is 10.8. The lowest BCUT2D eigenvalue weighted by Crippen LogP contribution is -2.30. The van der Waals surface area contributed by atoms with Gasteiger partial charge in [0.05, 0.1) is 11.7 Å². The third-order valence-corrected chi connectivity index (χ3v) is 4.81. The van der Waals surface area contributed by atoms with Crippen LogP contribution in [0.25, 0.3) is 0 Å². The third kappa shape index (κ3) is 2.43. The van der Waals surface area contributed by atoms with Crippen molar-refractivity contribution < 1.29 is 9.84 Å². The largest absolute Gasteiger partial charge is 0.396 e. The minimum absolute atomic E-state index is 0.0643. The first-order valence-corrected chi connectivity index (χ1v) is 6.90. The molecule has 2 atom stereocenters. The summed E-state index contributed by atoms with van der Waals surface area (Å²) in [5, 5.41) is 9.45. The van der Waals surface area contributed by atoms with Crippen molar-refractivity contribution in [2.75, 3.05) is 6.61 Å². The summed E-state index contributed by atoms with van der Waals surface area (Å²) in [5.74, 6) is 0. The van der Waals surface area contributed by atoms with Gasteiger partial charge in [0, 0.05) is 6.61 Å². The topological polar surface area (TPSA) is 29.5 Å². The number of hydrogen-bond acceptors (Lipinski definition) is 2. The van der Waals surface area contributed by atoms with Crippen molar-refractivity contribution in [1.29, 1.82) is 0 Å². The van der Waals surface area contributed by atoms with Crippen LogP contribution in [0.5, 0.6) is 0 Å². The van der Waals surface area contributed by atoms with E-state index in [9.17, 15) is 5.11 Å². The van der Waals surface area contributed by atoms with Crippen molar-refractivity contribution in [2.24, 2.45) is 5.41 Å². The molecule has 0 aromatic heterocycles. The molecule has 0 aromatic rings. The fourth-order valence-electron chi connectivity index (χ4n) is 3.30. The van der Waals surface area contributed by atoms with Crippen LogP contribution in [-0.2, 0) is 4.74 Å². The Balaban J connectivity index is 1.89. The Morgan fingerprint density at radius 1 is 1.31 bits per heavy atom. The Labute approximate surface area is 99.4 Å². The molecule has 2 unspecified atom stereocenters. The molecule has 2 aliphatic rings. The van der Waals surface area contributed by atoms with E-state index in [1.165, 1.54) is 38.5 Å². The summed E-state index contributed by atoms with van der Waals surface area (Å²) in [4.78, 5) is 0. The fraction of sp³-hybridized carbons (Fsp3) is 1.00. The molecule has 0 aromatic carbocycles. The van der Waals surface area contributed by atoms with Gasteiger partial charge in [0.2, 0.25) is 0 Å². The van der Waals surface area contributed by atoms with Crippen molar-refractivity contribution >= 4 is 0 Å². The van der Waals surface area contributed by atoms with Crippen LogP contribution >= 0.6 is 0 Å². The molecule has 1 saturated heterocycles. The molecule has 0 radical (unpaired) electrons. The average molecular weight is 226 g/mol. The summed E-state index contributed by atoms with van der Waals surface area (Å²) < 4.78 is 6.30. The van der Waals surface area contributed by atoms with Crippen LogP contribution in [0.4, 0.5) is 0 Å². The molecule has 2 rings (SSSR count). The third-order valence-electron chi connectivity index (χ3n) is 4.81. The number of hydrogen-bond donors (Lipinski definition) is 1. The zero-order valence-corrected chi connectivity index (χ0v) is 10.8. The van der Waals surface area contributed by atoms with Crippen molar-refractivity contribution in [3.63, 3.8) is 0 Å². The Morgan fingerprint density at radius 3 is 2.56 bits per heavy atom. The van der Waals surface area contributed by atoms with Gasteiger partial charge in [-0.3, -0.25) is 0 Å². The highest BCUT2D eigenvalue weighted by Gasteiger charge is 2.43. The van der Waals surface area contributed by atoms with Gasteiger partial charge in [-0.05, 0) is 43.9 Å². The molecule has 94 valence electrons.